The number of aliphatic imine (C=N–C) groups is 1. The molecule has 6 heteroatoms. The first kappa shape index (κ1) is 22.4. The zero-order valence-corrected chi connectivity index (χ0v) is 17.6. The minimum atomic E-state index is -0.356. The molecule has 1 aliphatic rings. The lowest BCUT2D eigenvalue weighted by Gasteiger charge is -2.21. The molecule has 1 aliphatic heterocycles. The highest BCUT2D eigenvalue weighted by atomic mass is 16.5. The van der Waals surface area contributed by atoms with Gasteiger partial charge in [0.25, 0.3) is 0 Å². The van der Waals surface area contributed by atoms with Crippen molar-refractivity contribution in [1.82, 2.24) is 4.90 Å². The second-order valence-corrected chi connectivity index (χ2v) is 7.44. The molecule has 162 valence electrons. The molecular formula is C25H28N2O4. The van der Waals surface area contributed by atoms with Crippen LogP contribution >= 0.6 is 0 Å². The van der Waals surface area contributed by atoms with Crippen LogP contribution < -0.4 is 0 Å². The zero-order valence-electron chi connectivity index (χ0n) is 17.6. The fourth-order valence-corrected chi connectivity index (χ4v) is 3.24. The molecule has 0 saturated carbocycles. The summed E-state index contributed by atoms with van der Waals surface area (Å²) >= 11 is 0. The Morgan fingerprint density at radius 1 is 0.903 bits per heavy atom. The Labute approximate surface area is 183 Å². The Balaban J connectivity index is 1.39. The summed E-state index contributed by atoms with van der Waals surface area (Å²) in [5, 5.41) is 0. The van der Waals surface area contributed by atoms with Crippen LogP contribution in [-0.2, 0) is 32.3 Å². The van der Waals surface area contributed by atoms with Crippen molar-refractivity contribution >= 4 is 18.2 Å². The number of esters is 2. The first-order valence-corrected chi connectivity index (χ1v) is 10.5. The summed E-state index contributed by atoms with van der Waals surface area (Å²) in [5.74, 6) is -0.479. The predicted molar refractivity (Wildman–Crippen MR) is 120 cm³/mol. The number of allylic oxidation sites excluding steroid dienone is 1. The smallest absolute Gasteiger partial charge is 0.328 e. The Morgan fingerprint density at radius 3 is 2.16 bits per heavy atom. The maximum Gasteiger partial charge on any atom is 0.328 e. The van der Waals surface area contributed by atoms with Gasteiger partial charge in [-0.25, -0.2) is 0 Å². The number of benzene rings is 2. The van der Waals surface area contributed by atoms with Crippen LogP contribution in [0, 0.1) is 5.92 Å². The summed E-state index contributed by atoms with van der Waals surface area (Å²) in [6, 6.07) is 19.2. The van der Waals surface area contributed by atoms with Crippen LogP contribution in [0.3, 0.4) is 0 Å². The predicted octanol–water partition coefficient (Wildman–Crippen LogP) is 3.42. The lowest BCUT2D eigenvalue weighted by atomic mass is 10.1. The molecule has 0 amide bonds. The minimum absolute atomic E-state index is 0.00777. The fourth-order valence-electron chi connectivity index (χ4n) is 3.24. The summed E-state index contributed by atoms with van der Waals surface area (Å²) in [5.41, 5.74) is 1.92. The van der Waals surface area contributed by atoms with E-state index in [9.17, 15) is 9.59 Å². The second kappa shape index (κ2) is 12.4. The van der Waals surface area contributed by atoms with Gasteiger partial charge in [0, 0.05) is 25.2 Å². The van der Waals surface area contributed by atoms with Crippen molar-refractivity contribution in [2.45, 2.75) is 19.6 Å². The van der Waals surface area contributed by atoms with E-state index in [0.29, 0.717) is 13.1 Å². The molecular weight excluding hydrogens is 392 g/mol. The van der Waals surface area contributed by atoms with Gasteiger partial charge in [0.2, 0.25) is 0 Å². The molecule has 1 atom stereocenters. The molecule has 0 saturated heterocycles. The van der Waals surface area contributed by atoms with Crippen molar-refractivity contribution in [2.24, 2.45) is 10.9 Å². The molecule has 0 bridgehead atoms. The highest BCUT2D eigenvalue weighted by Gasteiger charge is 2.17. The third-order valence-corrected chi connectivity index (χ3v) is 4.84. The van der Waals surface area contributed by atoms with E-state index in [-0.39, 0.29) is 44.2 Å². The van der Waals surface area contributed by atoms with Gasteiger partial charge < -0.3 is 9.47 Å². The standard InChI is InChI=1S/C25H28N2O4/c28-24(30-19-21-9-3-1-4-10-21)16-26-15-23-13-7-8-14-27(17-23)18-25(29)31-20-22-11-5-2-6-12-22/h1-12,15,23H,13-14,16-20H2/b26-15+/t23-/m1/s1. The molecule has 0 spiro atoms. The molecule has 0 radical (unpaired) electrons. The van der Waals surface area contributed by atoms with Gasteiger partial charge in [0.15, 0.2) is 0 Å². The minimum Gasteiger partial charge on any atom is -0.460 e. The lowest BCUT2D eigenvalue weighted by Crippen LogP contribution is -2.34. The van der Waals surface area contributed by atoms with Gasteiger partial charge in [-0.3, -0.25) is 19.5 Å². The van der Waals surface area contributed by atoms with Gasteiger partial charge in [-0.1, -0.05) is 72.8 Å². The average molecular weight is 421 g/mol. The summed E-state index contributed by atoms with van der Waals surface area (Å²) in [6.07, 6.45) is 6.74. The molecule has 1 heterocycles. The van der Waals surface area contributed by atoms with Gasteiger partial charge in [0.05, 0.1) is 6.54 Å². The van der Waals surface area contributed by atoms with Crippen molar-refractivity contribution in [1.29, 1.82) is 0 Å². The number of carbonyl (C=O) groups excluding carboxylic acids is 2. The number of hydrogen-bond acceptors (Lipinski definition) is 6. The summed E-state index contributed by atoms with van der Waals surface area (Å²) in [6.45, 7) is 2.10. The van der Waals surface area contributed by atoms with Gasteiger partial charge in [-0.05, 0) is 17.5 Å². The SMILES string of the molecule is O=C(C/N=C/[C@H]1CC=CCN(CC(=O)OCc2ccccc2)C1)OCc1ccccc1. The van der Waals surface area contributed by atoms with Crippen molar-refractivity contribution in [3.8, 4) is 0 Å². The molecule has 3 rings (SSSR count). The Hall–Kier alpha value is -3.25. The fraction of sp³-hybridized carbons (Fsp3) is 0.320. The highest BCUT2D eigenvalue weighted by molar-refractivity contribution is 5.75. The Kier molecular flexibility index (Phi) is 9.01. The molecule has 2 aromatic rings. The van der Waals surface area contributed by atoms with Crippen molar-refractivity contribution in [3.05, 3.63) is 83.9 Å². The molecule has 0 fully saturated rings. The van der Waals surface area contributed by atoms with E-state index in [1.807, 2.05) is 71.6 Å². The molecule has 0 unspecified atom stereocenters. The van der Waals surface area contributed by atoms with Gasteiger partial charge in [-0.2, -0.15) is 0 Å². The Morgan fingerprint density at radius 2 is 1.52 bits per heavy atom. The zero-order chi connectivity index (χ0) is 21.7. The van der Waals surface area contributed by atoms with Crippen LogP contribution in [0.2, 0.25) is 0 Å². The van der Waals surface area contributed by atoms with E-state index in [2.05, 4.69) is 11.1 Å². The third-order valence-electron chi connectivity index (χ3n) is 4.84. The Bertz CT molecular complexity index is 881. The number of carbonyl (C=O) groups is 2. The molecule has 0 aliphatic carbocycles. The largest absolute Gasteiger partial charge is 0.460 e. The van der Waals surface area contributed by atoms with Crippen molar-refractivity contribution < 1.29 is 19.1 Å². The molecule has 0 N–H and O–H groups in total. The van der Waals surface area contributed by atoms with Crippen molar-refractivity contribution in [3.63, 3.8) is 0 Å². The van der Waals surface area contributed by atoms with E-state index in [1.165, 1.54) is 0 Å². The highest BCUT2D eigenvalue weighted by Crippen LogP contribution is 2.10. The lowest BCUT2D eigenvalue weighted by molar-refractivity contribution is -0.146. The quantitative estimate of drug-likeness (QED) is 0.353. The van der Waals surface area contributed by atoms with Crippen LogP contribution in [0.5, 0.6) is 0 Å². The van der Waals surface area contributed by atoms with Crippen LogP contribution in [0.15, 0.2) is 77.8 Å². The van der Waals surface area contributed by atoms with Crippen LogP contribution in [0.1, 0.15) is 17.5 Å². The average Bonchev–Trinajstić information content (AvgIpc) is 3.02. The summed E-state index contributed by atoms with van der Waals surface area (Å²) in [7, 11) is 0. The van der Waals surface area contributed by atoms with Crippen LogP contribution in [-0.4, -0.2) is 49.2 Å². The second-order valence-electron chi connectivity index (χ2n) is 7.44. The van der Waals surface area contributed by atoms with Gasteiger partial charge in [-0.15, -0.1) is 0 Å². The van der Waals surface area contributed by atoms with Crippen molar-refractivity contribution in [2.75, 3.05) is 26.2 Å². The maximum absolute atomic E-state index is 12.2. The molecule has 6 nitrogen and oxygen atoms in total. The number of nitrogens with zero attached hydrogens (tertiary/aromatic N) is 2. The van der Waals surface area contributed by atoms with E-state index < -0.39 is 0 Å². The number of rotatable bonds is 9. The summed E-state index contributed by atoms with van der Waals surface area (Å²) in [4.78, 5) is 30.4. The van der Waals surface area contributed by atoms with Gasteiger partial charge >= 0.3 is 11.9 Å². The first-order chi connectivity index (χ1) is 15.2. The number of ether oxygens (including phenoxy) is 2. The van der Waals surface area contributed by atoms with E-state index in [0.717, 1.165) is 17.5 Å². The molecule has 2 aromatic carbocycles. The van der Waals surface area contributed by atoms with Crippen LogP contribution in [0.4, 0.5) is 0 Å². The number of hydrogen-bond donors (Lipinski definition) is 0. The normalized spacial score (nSPS) is 16.7. The summed E-state index contributed by atoms with van der Waals surface area (Å²) < 4.78 is 10.6. The van der Waals surface area contributed by atoms with Crippen LogP contribution in [0.25, 0.3) is 0 Å². The van der Waals surface area contributed by atoms with Gasteiger partial charge in [0.1, 0.15) is 19.8 Å². The first-order valence-electron chi connectivity index (χ1n) is 10.5. The monoisotopic (exact) mass is 420 g/mol. The third kappa shape index (κ3) is 8.56. The van der Waals surface area contributed by atoms with E-state index in [4.69, 9.17) is 9.47 Å². The molecule has 0 aromatic heterocycles. The topological polar surface area (TPSA) is 68.2 Å². The van der Waals surface area contributed by atoms with E-state index >= 15 is 0 Å². The maximum atomic E-state index is 12.2. The molecule has 31 heavy (non-hydrogen) atoms. The van der Waals surface area contributed by atoms with E-state index in [1.54, 1.807) is 6.21 Å².